The minimum Gasteiger partial charge on any atom is -0.361 e. The molecule has 1 saturated heterocycles. The third kappa shape index (κ3) is 4.76. The van der Waals surface area contributed by atoms with Crippen molar-refractivity contribution in [3.8, 4) is 0 Å². The zero-order valence-electron chi connectivity index (χ0n) is 19.5. The Bertz CT molecular complexity index is 1420. The van der Waals surface area contributed by atoms with Gasteiger partial charge in [-0.25, -0.2) is 0 Å². The zero-order valence-corrected chi connectivity index (χ0v) is 19.5. The van der Waals surface area contributed by atoms with Crippen molar-refractivity contribution < 1.29 is 14.5 Å². The van der Waals surface area contributed by atoms with Crippen molar-refractivity contribution in [2.24, 2.45) is 0 Å². The van der Waals surface area contributed by atoms with Crippen LogP contribution in [-0.4, -0.2) is 57.7 Å². The highest BCUT2D eigenvalue weighted by Crippen LogP contribution is 2.29. The number of carbonyl (C=O) groups is 2. The molecule has 0 aliphatic carbocycles. The predicted octanol–water partition coefficient (Wildman–Crippen LogP) is 4.35. The number of hydrogen-bond acceptors (Lipinski definition) is 5. The lowest BCUT2D eigenvalue weighted by molar-refractivity contribution is -0.383. The largest absolute Gasteiger partial charge is 0.361 e. The number of fused-ring (bicyclic) bond motifs is 1. The van der Waals surface area contributed by atoms with Crippen LogP contribution in [0.3, 0.4) is 0 Å². The zero-order chi connectivity index (χ0) is 25.1. The maximum absolute atomic E-state index is 13.1. The Morgan fingerprint density at radius 2 is 1.61 bits per heavy atom. The highest BCUT2D eigenvalue weighted by atomic mass is 16.6. The number of anilines is 2. The normalized spacial score (nSPS) is 13.6. The van der Waals surface area contributed by atoms with Crippen molar-refractivity contribution in [3.05, 3.63) is 100 Å². The number of hydrogen-bond donors (Lipinski definition) is 2. The summed E-state index contributed by atoms with van der Waals surface area (Å²) in [4.78, 5) is 43.8. The number of carbonyl (C=O) groups excluding carboxylic acids is 2. The maximum atomic E-state index is 13.1. The van der Waals surface area contributed by atoms with Crippen LogP contribution in [0.25, 0.3) is 10.9 Å². The summed E-state index contributed by atoms with van der Waals surface area (Å²) in [5.41, 5.74) is 3.06. The average Bonchev–Trinajstić information content (AvgIpc) is 3.31. The summed E-state index contributed by atoms with van der Waals surface area (Å²) in [6.45, 7) is 1.58. The molecule has 9 nitrogen and oxygen atoms in total. The molecule has 0 saturated carbocycles. The number of amides is 2. The topological polar surface area (TPSA) is 112 Å². The van der Waals surface area contributed by atoms with Crippen molar-refractivity contribution in [2.75, 3.05) is 31.5 Å². The molecule has 182 valence electrons. The van der Waals surface area contributed by atoms with E-state index in [1.165, 1.54) is 6.07 Å². The van der Waals surface area contributed by atoms with Gasteiger partial charge in [-0.15, -0.1) is 0 Å². The lowest BCUT2D eigenvalue weighted by Gasteiger charge is -2.35. The molecule has 5 rings (SSSR count). The van der Waals surface area contributed by atoms with Crippen molar-refractivity contribution in [1.82, 2.24) is 14.8 Å². The Hall–Kier alpha value is -4.66. The number of aromatic amines is 1. The smallest absolute Gasteiger partial charge is 0.293 e. The fourth-order valence-electron chi connectivity index (χ4n) is 4.49. The molecule has 0 spiro atoms. The van der Waals surface area contributed by atoms with E-state index in [0.29, 0.717) is 44.0 Å². The Kier molecular flexibility index (Phi) is 6.36. The van der Waals surface area contributed by atoms with Gasteiger partial charge in [0.15, 0.2) is 0 Å². The third-order valence-corrected chi connectivity index (χ3v) is 6.43. The number of rotatable bonds is 6. The first-order valence-electron chi connectivity index (χ1n) is 11.7. The number of nitrogens with one attached hydrogen (secondary N) is 2. The average molecular weight is 484 g/mol. The van der Waals surface area contributed by atoms with Crippen LogP contribution in [0.15, 0.2) is 79.0 Å². The molecule has 1 aliphatic heterocycles. The van der Waals surface area contributed by atoms with Crippen LogP contribution < -0.4 is 5.32 Å². The maximum Gasteiger partial charge on any atom is 0.293 e. The Morgan fingerprint density at radius 3 is 2.36 bits per heavy atom. The lowest BCUT2D eigenvalue weighted by atomic mass is 10.1. The van der Waals surface area contributed by atoms with Crippen molar-refractivity contribution >= 4 is 39.8 Å². The van der Waals surface area contributed by atoms with Gasteiger partial charge in [-0.1, -0.05) is 36.4 Å². The second kappa shape index (κ2) is 9.91. The van der Waals surface area contributed by atoms with Gasteiger partial charge in [-0.05, 0) is 35.9 Å². The molecule has 0 bridgehead atoms. The van der Waals surface area contributed by atoms with E-state index in [-0.39, 0.29) is 23.1 Å². The molecular weight excluding hydrogens is 458 g/mol. The van der Waals surface area contributed by atoms with Gasteiger partial charge < -0.3 is 20.1 Å². The number of piperazine rings is 1. The predicted molar refractivity (Wildman–Crippen MR) is 137 cm³/mol. The molecule has 0 unspecified atom stereocenters. The molecule has 0 radical (unpaired) electrons. The van der Waals surface area contributed by atoms with Gasteiger partial charge in [-0.3, -0.25) is 19.7 Å². The highest BCUT2D eigenvalue weighted by molar-refractivity contribution is 5.96. The standard InChI is InChI=1S/C27H25N5O4/c33-26(17-20-18-28-23-9-5-4-8-22(20)23)30-12-14-31(15-13-30)27(34)19-10-11-24(25(16-19)32(35)36)29-21-6-2-1-3-7-21/h1-11,16,18,28-29H,12-15,17H2. The van der Waals surface area contributed by atoms with Crippen LogP contribution in [0, 0.1) is 10.1 Å². The minimum absolute atomic E-state index is 0.0128. The number of nitro benzene ring substituents is 1. The number of H-pyrrole nitrogens is 1. The molecule has 36 heavy (non-hydrogen) atoms. The second-order valence-corrected chi connectivity index (χ2v) is 8.69. The molecule has 1 fully saturated rings. The van der Waals surface area contributed by atoms with Crippen LogP contribution >= 0.6 is 0 Å². The Balaban J connectivity index is 1.23. The monoisotopic (exact) mass is 483 g/mol. The summed E-state index contributed by atoms with van der Waals surface area (Å²) in [6.07, 6.45) is 2.16. The number of aromatic nitrogens is 1. The fraction of sp³-hybridized carbons (Fsp3) is 0.185. The number of nitrogens with zero attached hydrogens (tertiary/aromatic N) is 3. The summed E-state index contributed by atoms with van der Waals surface area (Å²) < 4.78 is 0. The highest BCUT2D eigenvalue weighted by Gasteiger charge is 2.27. The number of para-hydroxylation sites is 2. The van der Waals surface area contributed by atoms with Crippen LogP contribution in [0.5, 0.6) is 0 Å². The molecule has 1 aliphatic rings. The van der Waals surface area contributed by atoms with Gasteiger partial charge in [0, 0.05) is 60.6 Å². The van der Waals surface area contributed by atoms with E-state index in [4.69, 9.17) is 0 Å². The van der Waals surface area contributed by atoms with Crippen LogP contribution in [0.4, 0.5) is 17.1 Å². The van der Waals surface area contributed by atoms with E-state index < -0.39 is 4.92 Å². The van der Waals surface area contributed by atoms with Gasteiger partial charge in [-0.2, -0.15) is 0 Å². The number of benzene rings is 3. The van der Waals surface area contributed by atoms with Crippen LogP contribution in [-0.2, 0) is 11.2 Å². The van der Waals surface area contributed by atoms with Crippen LogP contribution in [0.1, 0.15) is 15.9 Å². The Morgan fingerprint density at radius 1 is 0.917 bits per heavy atom. The van der Waals surface area contributed by atoms with Gasteiger partial charge >= 0.3 is 0 Å². The molecule has 9 heteroatoms. The molecule has 2 heterocycles. The first-order valence-corrected chi connectivity index (χ1v) is 11.7. The van der Waals surface area contributed by atoms with E-state index in [9.17, 15) is 19.7 Å². The van der Waals surface area contributed by atoms with Crippen LogP contribution in [0.2, 0.25) is 0 Å². The summed E-state index contributed by atoms with van der Waals surface area (Å²) in [7, 11) is 0. The summed E-state index contributed by atoms with van der Waals surface area (Å²) in [5.74, 6) is -0.271. The lowest BCUT2D eigenvalue weighted by Crippen LogP contribution is -2.51. The molecule has 2 N–H and O–H groups in total. The van der Waals surface area contributed by atoms with Gasteiger partial charge in [0.2, 0.25) is 5.91 Å². The SMILES string of the molecule is O=C(Cc1c[nH]c2ccccc12)N1CCN(C(=O)c2ccc(Nc3ccccc3)c([N+](=O)[O-])c2)CC1. The molecule has 0 atom stereocenters. The van der Waals surface area contributed by atoms with E-state index in [0.717, 1.165) is 16.5 Å². The third-order valence-electron chi connectivity index (χ3n) is 6.43. The second-order valence-electron chi connectivity index (χ2n) is 8.69. The number of nitro groups is 1. The molecule has 3 aromatic carbocycles. The van der Waals surface area contributed by atoms with Gasteiger partial charge in [0.05, 0.1) is 11.3 Å². The first kappa shape index (κ1) is 23.1. The van der Waals surface area contributed by atoms with Gasteiger partial charge in [0.1, 0.15) is 5.69 Å². The van der Waals surface area contributed by atoms with E-state index >= 15 is 0 Å². The van der Waals surface area contributed by atoms with Crippen molar-refractivity contribution in [3.63, 3.8) is 0 Å². The molecule has 2 amide bonds. The van der Waals surface area contributed by atoms with Gasteiger partial charge in [0.25, 0.3) is 11.6 Å². The quantitative estimate of drug-likeness (QED) is 0.313. The minimum atomic E-state index is -0.497. The first-order chi connectivity index (χ1) is 17.5. The summed E-state index contributed by atoms with van der Waals surface area (Å²) in [5, 5.41) is 15.8. The van der Waals surface area contributed by atoms with Crippen molar-refractivity contribution in [2.45, 2.75) is 6.42 Å². The fourth-order valence-corrected chi connectivity index (χ4v) is 4.49. The molecule has 4 aromatic rings. The van der Waals surface area contributed by atoms with E-state index in [1.54, 1.807) is 21.9 Å². The van der Waals surface area contributed by atoms with E-state index in [1.807, 2.05) is 60.8 Å². The summed E-state index contributed by atoms with van der Waals surface area (Å²) in [6, 6.07) is 21.4. The van der Waals surface area contributed by atoms with E-state index in [2.05, 4.69) is 10.3 Å². The molecular formula is C27H25N5O4. The molecule has 1 aromatic heterocycles. The summed E-state index contributed by atoms with van der Waals surface area (Å²) >= 11 is 0. The Labute approximate surface area is 207 Å². The van der Waals surface area contributed by atoms with Crippen molar-refractivity contribution in [1.29, 1.82) is 0 Å².